The molecular formula is C28H42N2O5. The van der Waals surface area contributed by atoms with Crippen LogP contribution >= 0.6 is 0 Å². The first-order valence-electron chi connectivity index (χ1n) is 13.1. The maximum absolute atomic E-state index is 13.0. The van der Waals surface area contributed by atoms with E-state index in [9.17, 15) is 9.59 Å². The molecule has 0 spiro atoms. The van der Waals surface area contributed by atoms with Crippen LogP contribution in [-0.4, -0.2) is 36.4 Å². The number of amides is 1. The number of hydrogen-bond acceptors (Lipinski definition) is 6. The van der Waals surface area contributed by atoms with Gasteiger partial charge in [0, 0.05) is 12.6 Å². The van der Waals surface area contributed by atoms with Crippen molar-refractivity contribution < 1.29 is 23.9 Å². The summed E-state index contributed by atoms with van der Waals surface area (Å²) < 4.78 is 11.3. The Kier molecular flexibility index (Phi) is 10.3. The van der Waals surface area contributed by atoms with E-state index in [-0.39, 0.29) is 18.0 Å². The number of carbonyl (C=O) groups excluding carboxylic acids is 2. The molecule has 1 aromatic rings. The summed E-state index contributed by atoms with van der Waals surface area (Å²) in [6, 6.07) is 6.05. The maximum atomic E-state index is 13.0. The average Bonchev–Trinajstić information content (AvgIpc) is 3.52. The van der Waals surface area contributed by atoms with Crippen LogP contribution in [0.15, 0.2) is 24.3 Å². The van der Waals surface area contributed by atoms with Crippen molar-refractivity contribution in [2.45, 2.75) is 104 Å². The van der Waals surface area contributed by atoms with Gasteiger partial charge in [-0.05, 0) is 81.1 Å². The first-order chi connectivity index (χ1) is 16.8. The molecule has 0 aromatic heterocycles. The lowest BCUT2D eigenvalue weighted by atomic mass is 9.96. The van der Waals surface area contributed by atoms with Gasteiger partial charge in [-0.25, -0.2) is 10.3 Å². The molecule has 2 saturated carbocycles. The number of ether oxygens (including phenoxy) is 2. The third kappa shape index (κ3) is 8.44. The van der Waals surface area contributed by atoms with E-state index in [0.29, 0.717) is 19.1 Å². The van der Waals surface area contributed by atoms with Gasteiger partial charge in [0.1, 0.15) is 11.6 Å². The zero-order chi connectivity index (χ0) is 25.3. The minimum absolute atomic E-state index is 0.0729. The van der Waals surface area contributed by atoms with Gasteiger partial charge in [0.25, 0.3) is 5.91 Å². The van der Waals surface area contributed by atoms with Gasteiger partial charge in [0.2, 0.25) is 0 Å². The highest BCUT2D eigenvalue weighted by Crippen LogP contribution is 2.33. The predicted molar refractivity (Wildman–Crippen MR) is 136 cm³/mol. The number of nitrogens with one attached hydrogen (secondary N) is 2. The Bertz CT molecular complexity index is 870. The van der Waals surface area contributed by atoms with Gasteiger partial charge in [-0.15, -0.1) is 0 Å². The summed E-state index contributed by atoms with van der Waals surface area (Å²) in [5.74, 6) is -0.0268. The monoisotopic (exact) mass is 486 g/mol. The van der Waals surface area contributed by atoms with Gasteiger partial charge in [0.15, 0.2) is 6.29 Å². The third-order valence-electron chi connectivity index (χ3n) is 6.82. The molecule has 2 aliphatic rings. The zero-order valence-corrected chi connectivity index (χ0v) is 21.7. The van der Waals surface area contributed by atoms with Crippen LogP contribution in [0.1, 0.15) is 88.8 Å². The van der Waals surface area contributed by atoms with Gasteiger partial charge in [-0.1, -0.05) is 44.9 Å². The van der Waals surface area contributed by atoms with E-state index >= 15 is 0 Å². The highest BCUT2D eigenvalue weighted by Gasteiger charge is 2.43. The molecule has 0 saturated heterocycles. The molecule has 3 rings (SSSR count). The number of rotatable bonds is 12. The summed E-state index contributed by atoms with van der Waals surface area (Å²) in [6.45, 7) is 9.06. The van der Waals surface area contributed by atoms with Crippen LogP contribution in [-0.2, 0) is 30.4 Å². The molecule has 35 heavy (non-hydrogen) atoms. The number of hydrogen-bond donors (Lipinski definition) is 2. The summed E-state index contributed by atoms with van der Waals surface area (Å²) in [5.41, 5.74) is 4.97. The molecule has 2 aliphatic carbocycles. The van der Waals surface area contributed by atoms with Crippen molar-refractivity contribution in [3.63, 3.8) is 0 Å². The number of benzene rings is 1. The fourth-order valence-electron chi connectivity index (χ4n) is 4.70. The van der Waals surface area contributed by atoms with Crippen LogP contribution in [0.2, 0.25) is 0 Å². The molecule has 7 nitrogen and oxygen atoms in total. The van der Waals surface area contributed by atoms with E-state index in [2.05, 4.69) is 24.6 Å². The lowest BCUT2D eigenvalue weighted by Crippen LogP contribution is -2.51. The second-order valence-corrected chi connectivity index (χ2v) is 10.4. The lowest BCUT2D eigenvalue weighted by Gasteiger charge is -2.30. The van der Waals surface area contributed by atoms with Crippen molar-refractivity contribution in [3.8, 4) is 0 Å². The molecule has 0 aliphatic heterocycles. The molecule has 1 amide bonds. The van der Waals surface area contributed by atoms with Crippen LogP contribution < -0.4 is 10.8 Å². The van der Waals surface area contributed by atoms with Crippen LogP contribution in [0, 0.1) is 12.8 Å². The summed E-state index contributed by atoms with van der Waals surface area (Å²) in [6.07, 6.45) is 10.8. The van der Waals surface area contributed by atoms with Crippen molar-refractivity contribution in [2.24, 2.45) is 5.92 Å². The topological polar surface area (TPSA) is 85.9 Å². The molecule has 7 heteroatoms. The van der Waals surface area contributed by atoms with E-state index in [1.807, 2.05) is 25.1 Å². The summed E-state index contributed by atoms with van der Waals surface area (Å²) in [4.78, 5) is 30.3. The molecule has 194 valence electrons. The van der Waals surface area contributed by atoms with E-state index in [1.165, 1.54) is 6.08 Å². The molecule has 0 bridgehead atoms. The second-order valence-electron chi connectivity index (χ2n) is 10.4. The van der Waals surface area contributed by atoms with Gasteiger partial charge < -0.3 is 9.47 Å². The largest absolute Gasteiger partial charge is 0.461 e. The van der Waals surface area contributed by atoms with E-state index in [0.717, 1.165) is 68.1 Å². The number of carbonyl (C=O) groups is 2. The Morgan fingerprint density at radius 2 is 1.83 bits per heavy atom. The van der Waals surface area contributed by atoms with Crippen LogP contribution in [0.25, 0.3) is 6.08 Å². The van der Waals surface area contributed by atoms with Gasteiger partial charge in [0.05, 0.1) is 6.61 Å². The molecule has 0 heterocycles. The normalized spacial score (nSPS) is 18.9. The Morgan fingerprint density at radius 3 is 2.49 bits per heavy atom. The highest BCUT2D eigenvalue weighted by atomic mass is 16.8. The molecule has 1 atom stereocenters. The molecule has 0 radical (unpaired) electrons. The van der Waals surface area contributed by atoms with E-state index < -0.39 is 11.8 Å². The summed E-state index contributed by atoms with van der Waals surface area (Å²) >= 11 is 0. The second kappa shape index (κ2) is 13.2. The Balaban J connectivity index is 1.50. The van der Waals surface area contributed by atoms with Crippen molar-refractivity contribution >= 4 is 18.0 Å². The van der Waals surface area contributed by atoms with Gasteiger partial charge in [-0.2, -0.15) is 0 Å². The number of esters is 1. The SMILES string of the molecule is Cc1cc(C=CC(=O)NOC(C)OCC(C)C)ccc1CNC1(C(=O)OC2CCCC2)CCCC1. The standard InChI is InChI=1S/C28H42N2O5/c1-20(2)19-33-22(4)35-30-26(31)14-12-23-11-13-24(21(3)17-23)18-29-28(15-7-8-16-28)27(32)34-25-9-5-6-10-25/h11-14,17,20,22,25,29H,5-10,15-16,18-19H2,1-4H3,(H,30,31). The van der Waals surface area contributed by atoms with Crippen LogP contribution in [0.5, 0.6) is 0 Å². The number of hydroxylamine groups is 1. The van der Waals surface area contributed by atoms with Gasteiger partial charge >= 0.3 is 5.97 Å². The smallest absolute Gasteiger partial charge is 0.326 e. The quantitative estimate of drug-likeness (QED) is 0.188. The Labute approximate surface area is 209 Å². The average molecular weight is 487 g/mol. The third-order valence-corrected chi connectivity index (χ3v) is 6.82. The molecule has 1 aromatic carbocycles. The fourth-order valence-corrected chi connectivity index (χ4v) is 4.70. The van der Waals surface area contributed by atoms with Crippen molar-refractivity contribution in [1.29, 1.82) is 0 Å². The first kappa shape index (κ1) is 27.4. The van der Waals surface area contributed by atoms with E-state index in [1.54, 1.807) is 13.0 Å². The molecular weight excluding hydrogens is 444 g/mol. The highest BCUT2D eigenvalue weighted by molar-refractivity contribution is 5.91. The fraction of sp³-hybridized carbons (Fsp3) is 0.643. The van der Waals surface area contributed by atoms with Crippen LogP contribution in [0.4, 0.5) is 0 Å². The Morgan fingerprint density at radius 1 is 1.11 bits per heavy atom. The molecule has 2 N–H and O–H groups in total. The van der Waals surface area contributed by atoms with Crippen molar-refractivity contribution in [2.75, 3.05) is 6.61 Å². The lowest BCUT2D eigenvalue weighted by molar-refractivity contribution is -0.180. The summed E-state index contributed by atoms with van der Waals surface area (Å²) in [5, 5.41) is 3.56. The number of aryl methyl sites for hydroxylation is 1. The molecule has 2 fully saturated rings. The van der Waals surface area contributed by atoms with Crippen molar-refractivity contribution in [3.05, 3.63) is 41.0 Å². The minimum atomic E-state index is -0.568. The first-order valence-corrected chi connectivity index (χ1v) is 13.1. The van der Waals surface area contributed by atoms with Crippen LogP contribution in [0.3, 0.4) is 0 Å². The predicted octanol–water partition coefficient (Wildman–Crippen LogP) is 4.96. The van der Waals surface area contributed by atoms with Crippen molar-refractivity contribution in [1.82, 2.24) is 10.8 Å². The minimum Gasteiger partial charge on any atom is -0.461 e. The molecule has 1 unspecified atom stereocenters. The summed E-state index contributed by atoms with van der Waals surface area (Å²) in [7, 11) is 0. The Hall–Kier alpha value is -2.22. The maximum Gasteiger partial charge on any atom is 0.326 e. The zero-order valence-electron chi connectivity index (χ0n) is 21.7. The van der Waals surface area contributed by atoms with Gasteiger partial charge in [-0.3, -0.25) is 14.9 Å². The van der Waals surface area contributed by atoms with E-state index in [4.69, 9.17) is 14.3 Å².